The number of sulfonamides is 1. The minimum atomic E-state index is -3.38. The number of halogens is 1. The second-order valence-corrected chi connectivity index (χ2v) is 13.4. The molecule has 4 rings (SSSR count). The number of anilines is 1. The Morgan fingerprint density at radius 3 is 2.43 bits per heavy atom. The van der Waals surface area contributed by atoms with Crippen molar-refractivity contribution < 1.29 is 22.7 Å². The molecule has 42 heavy (non-hydrogen) atoms. The van der Waals surface area contributed by atoms with Crippen molar-refractivity contribution in [2.75, 3.05) is 37.7 Å². The van der Waals surface area contributed by atoms with Crippen molar-refractivity contribution >= 4 is 34.0 Å². The largest absolute Gasteiger partial charge is 0.493 e. The molecule has 10 heteroatoms. The zero-order valence-electron chi connectivity index (χ0n) is 25.3. The summed E-state index contributed by atoms with van der Waals surface area (Å²) in [5.74, 6) is 2.56. The summed E-state index contributed by atoms with van der Waals surface area (Å²) < 4.78 is 37.0. The molecule has 2 aliphatic rings. The summed E-state index contributed by atoms with van der Waals surface area (Å²) in [6.07, 6.45) is 12.5. The smallest absolute Gasteiger partial charge is 0.229 e. The van der Waals surface area contributed by atoms with E-state index in [-0.39, 0.29) is 12.4 Å². The second-order valence-electron chi connectivity index (χ2n) is 11.7. The molecule has 2 aromatic carbocycles. The van der Waals surface area contributed by atoms with Gasteiger partial charge in [0.15, 0.2) is 11.5 Å². The lowest BCUT2D eigenvalue weighted by molar-refractivity contribution is -0.136. The third-order valence-electron chi connectivity index (χ3n) is 8.21. The van der Waals surface area contributed by atoms with E-state index in [0.717, 1.165) is 64.5 Å². The van der Waals surface area contributed by atoms with Crippen LogP contribution in [0.25, 0.3) is 0 Å². The Morgan fingerprint density at radius 1 is 1.02 bits per heavy atom. The average Bonchev–Trinajstić information content (AvgIpc) is 2.95. The van der Waals surface area contributed by atoms with Crippen molar-refractivity contribution in [3.63, 3.8) is 0 Å². The van der Waals surface area contributed by atoms with Crippen LogP contribution in [0, 0.1) is 5.92 Å². The van der Waals surface area contributed by atoms with Crippen LogP contribution in [0.5, 0.6) is 17.2 Å². The molecular formula is C32H48ClN3O5S. The molecule has 1 atom stereocenters. The van der Waals surface area contributed by atoms with Crippen molar-refractivity contribution in [3.05, 3.63) is 48.0 Å². The molecule has 2 fully saturated rings. The van der Waals surface area contributed by atoms with Crippen LogP contribution in [0.2, 0.25) is 0 Å². The molecule has 8 nitrogen and oxygen atoms in total. The molecule has 1 saturated heterocycles. The zero-order valence-corrected chi connectivity index (χ0v) is 27.0. The monoisotopic (exact) mass is 621 g/mol. The molecule has 0 bridgehead atoms. The molecule has 1 heterocycles. The van der Waals surface area contributed by atoms with Crippen molar-refractivity contribution in [2.24, 2.45) is 5.92 Å². The van der Waals surface area contributed by atoms with Gasteiger partial charge in [0, 0.05) is 38.2 Å². The lowest BCUT2D eigenvalue weighted by Gasteiger charge is -2.40. The van der Waals surface area contributed by atoms with Crippen LogP contribution in [0.4, 0.5) is 5.69 Å². The fraction of sp³-hybridized carbons (Fsp3) is 0.594. The number of rotatable bonds is 13. The standard InChI is InChI=1S/C32H47N3O5S.ClH/c1-4-5-20-35(32(36)21-25-10-7-6-8-11-25)28-12-9-19-34(24-28)23-26-13-16-29(17-14-26)40-30-18-15-27(22-31(30)39-2)33-41(3,37)38;/h13-18,22,25,28,33H,4-12,19-21,23-24H2,1-3H3;1H. The van der Waals surface area contributed by atoms with Crippen molar-refractivity contribution in [1.82, 2.24) is 9.80 Å². The number of hydrogen-bond donors (Lipinski definition) is 1. The third kappa shape index (κ3) is 10.3. The number of ether oxygens (including phenoxy) is 2. The van der Waals surface area contributed by atoms with Crippen molar-refractivity contribution in [2.45, 2.75) is 83.7 Å². The lowest BCUT2D eigenvalue weighted by Crippen LogP contribution is -2.50. The topological polar surface area (TPSA) is 88.2 Å². The Morgan fingerprint density at radius 2 is 1.76 bits per heavy atom. The second kappa shape index (κ2) is 16.4. The molecule has 234 valence electrons. The lowest BCUT2D eigenvalue weighted by atomic mass is 9.86. The summed E-state index contributed by atoms with van der Waals surface area (Å²) in [5, 5.41) is 0. The van der Waals surface area contributed by atoms with E-state index in [1.54, 1.807) is 18.2 Å². The number of methoxy groups -OCH3 is 1. The van der Waals surface area contributed by atoms with Crippen LogP contribution in [0.1, 0.15) is 76.7 Å². The summed E-state index contributed by atoms with van der Waals surface area (Å²) in [7, 11) is -1.86. The Kier molecular flexibility index (Phi) is 13.3. The van der Waals surface area contributed by atoms with Crippen LogP contribution in [-0.2, 0) is 21.4 Å². The normalized spacial score (nSPS) is 18.1. The predicted molar refractivity (Wildman–Crippen MR) is 171 cm³/mol. The number of hydrogen-bond acceptors (Lipinski definition) is 6. The fourth-order valence-electron chi connectivity index (χ4n) is 6.10. The fourth-order valence-corrected chi connectivity index (χ4v) is 6.66. The summed E-state index contributed by atoms with van der Waals surface area (Å²) >= 11 is 0. The molecule has 1 amide bonds. The van der Waals surface area contributed by atoms with Crippen molar-refractivity contribution in [3.8, 4) is 17.2 Å². The van der Waals surface area contributed by atoms with Gasteiger partial charge in [0.2, 0.25) is 15.9 Å². The molecule has 0 aromatic heterocycles. The Balaban J connectivity index is 0.00000484. The molecule has 1 aliphatic carbocycles. The van der Waals surface area contributed by atoms with Crippen LogP contribution >= 0.6 is 12.4 Å². The average molecular weight is 622 g/mol. The van der Waals surface area contributed by atoms with Gasteiger partial charge in [-0.2, -0.15) is 0 Å². The number of likely N-dealkylation sites (tertiary alicyclic amines) is 1. The van der Waals surface area contributed by atoms with Crippen LogP contribution in [0.3, 0.4) is 0 Å². The summed E-state index contributed by atoms with van der Waals surface area (Å²) in [5.41, 5.74) is 1.61. The van der Waals surface area contributed by atoms with E-state index in [0.29, 0.717) is 40.8 Å². The van der Waals surface area contributed by atoms with Gasteiger partial charge in [-0.05, 0) is 74.4 Å². The summed E-state index contributed by atoms with van der Waals surface area (Å²) in [6, 6.07) is 13.3. The first-order chi connectivity index (χ1) is 19.7. The Bertz CT molecular complexity index is 1240. The van der Waals surface area contributed by atoms with Gasteiger partial charge >= 0.3 is 0 Å². The molecule has 2 aromatic rings. The Labute approximate surface area is 258 Å². The van der Waals surface area contributed by atoms with E-state index in [1.807, 2.05) is 12.1 Å². The molecular weight excluding hydrogens is 574 g/mol. The molecule has 0 spiro atoms. The van der Waals surface area contributed by atoms with Gasteiger partial charge in [0.05, 0.1) is 19.1 Å². The maximum atomic E-state index is 13.4. The highest BCUT2D eigenvalue weighted by atomic mass is 35.5. The van der Waals surface area contributed by atoms with Gasteiger partial charge in [0.25, 0.3) is 0 Å². The highest BCUT2D eigenvalue weighted by Crippen LogP contribution is 2.34. The van der Waals surface area contributed by atoms with Gasteiger partial charge in [-0.3, -0.25) is 14.4 Å². The van der Waals surface area contributed by atoms with Gasteiger partial charge in [-0.1, -0.05) is 44.7 Å². The SMILES string of the molecule is CCCCN(C(=O)CC1CCCCC1)C1CCCN(Cc2ccc(Oc3ccc(NS(C)(=O)=O)cc3OC)cc2)C1.Cl. The van der Waals surface area contributed by atoms with E-state index < -0.39 is 10.0 Å². The third-order valence-corrected chi connectivity index (χ3v) is 8.81. The molecule has 1 unspecified atom stereocenters. The molecule has 1 aliphatic heterocycles. The van der Waals surface area contributed by atoms with Gasteiger partial charge in [0.1, 0.15) is 5.75 Å². The molecule has 1 saturated carbocycles. The number of benzene rings is 2. The first-order valence-corrected chi connectivity index (χ1v) is 17.1. The van der Waals surface area contributed by atoms with E-state index >= 15 is 0 Å². The first-order valence-electron chi connectivity index (χ1n) is 15.2. The first kappa shape index (κ1) is 34.0. The predicted octanol–water partition coefficient (Wildman–Crippen LogP) is 6.84. The van der Waals surface area contributed by atoms with Crippen molar-refractivity contribution in [1.29, 1.82) is 0 Å². The minimum Gasteiger partial charge on any atom is -0.493 e. The highest BCUT2D eigenvalue weighted by Gasteiger charge is 2.30. The van der Waals surface area contributed by atoms with E-state index in [4.69, 9.17) is 9.47 Å². The van der Waals surface area contributed by atoms with E-state index in [1.165, 1.54) is 44.8 Å². The van der Waals surface area contributed by atoms with Crippen LogP contribution in [-0.4, -0.2) is 63.2 Å². The quantitative estimate of drug-likeness (QED) is 0.263. The van der Waals surface area contributed by atoms with Gasteiger partial charge in [-0.25, -0.2) is 8.42 Å². The van der Waals surface area contributed by atoms with Crippen LogP contribution < -0.4 is 14.2 Å². The maximum Gasteiger partial charge on any atom is 0.229 e. The van der Waals surface area contributed by atoms with Gasteiger partial charge < -0.3 is 14.4 Å². The number of carbonyl (C=O) groups excluding carboxylic acids is 1. The molecule has 0 radical (unpaired) electrons. The number of unbranched alkanes of at least 4 members (excludes halogenated alkanes) is 1. The number of nitrogens with zero attached hydrogens (tertiary/aromatic N) is 2. The summed E-state index contributed by atoms with van der Waals surface area (Å²) in [6.45, 7) is 5.87. The van der Waals surface area contributed by atoms with E-state index in [2.05, 4.69) is 33.6 Å². The number of amides is 1. The number of carbonyl (C=O) groups is 1. The number of nitrogens with one attached hydrogen (secondary N) is 1. The summed E-state index contributed by atoms with van der Waals surface area (Å²) in [4.78, 5) is 18.2. The minimum absolute atomic E-state index is 0. The number of piperidine rings is 1. The highest BCUT2D eigenvalue weighted by molar-refractivity contribution is 7.92. The Hall–Kier alpha value is -2.49. The van der Waals surface area contributed by atoms with Gasteiger partial charge in [-0.15, -0.1) is 12.4 Å². The van der Waals surface area contributed by atoms with E-state index in [9.17, 15) is 13.2 Å². The maximum absolute atomic E-state index is 13.4. The zero-order chi connectivity index (χ0) is 29.2. The van der Waals surface area contributed by atoms with Crippen LogP contribution in [0.15, 0.2) is 42.5 Å². The molecule has 1 N–H and O–H groups in total.